The summed E-state index contributed by atoms with van der Waals surface area (Å²) in [5.74, 6) is 3.20. The van der Waals surface area contributed by atoms with Crippen molar-refractivity contribution in [1.29, 1.82) is 0 Å². The van der Waals surface area contributed by atoms with Crippen LogP contribution in [-0.4, -0.2) is 63.9 Å². The maximum atomic E-state index is 6.51. The first-order valence-corrected chi connectivity index (χ1v) is 12.2. The molecule has 1 aliphatic rings. The first kappa shape index (κ1) is 24.9. The largest absolute Gasteiger partial charge is 0.497 e. The molecule has 0 unspecified atom stereocenters. The van der Waals surface area contributed by atoms with Crippen LogP contribution in [0.3, 0.4) is 0 Å². The number of piperazine rings is 1. The van der Waals surface area contributed by atoms with Crippen LogP contribution >= 0.6 is 0 Å². The average Bonchev–Trinajstić information content (AvgIpc) is 2.92. The van der Waals surface area contributed by atoms with E-state index in [1.54, 1.807) is 21.3 Å². The Balaban J connectivity index is 1.42. The molecule has 0 bridgehead atoms. The van der Waals surface area contributed by atoms with Gasteiger partial charge in [0.1, 0.15) is 29.1 Å². The monoisotopic (exact) mass is 476 g/mol. The predicted octanol–water partition coefficient (Wildman–Crippen LogP) is 5.04. The smallest absolute Gasteiger partial charge is 0.129 e. The third-order valence-corrected chi connectivity index (χ3v) is 6.54. The molecular weight excluding hydrogens is 440 g/mol. The highest BCUT2D eigenvalue weighted by molar-refractivity contribution is 5.42. The summed E-state index contributed by atoms with van der Waals surface area (Å²) in [4.78, 5) is 5.06. The third-order valence-electron chi connectivity index (χ3n) is 6.54. The van der Waals surface area contributed by atoms with Crippen molar-refractivity contribution >= 4 is 0 Å². The Kier molecular flexibility index (Phi) is 8.87. The van der Waals surface area contributed by atoms with Gasteiger partial charge in [0.05, 0.1) is 21.3 Å². The van der Waals surface area contributed by atoms with Gasteiger partial charge in [0.25, 0.3) is 0 Å². The third kappa shape index (κ3) is 6.90. The van der Waals surface area contributed by atoms with Crippen molar-refractivity contribution in [2.24, 2.45) is 0 Å². The Morgan fingerprint density at radius 2 is 1.31 bits per heavy atom. The molecule has 1 heterocycles. The molecule has 6 heteroatoms. The second kappa shape index (κ2) is 12.5. The van der Waals surface area contributed by atoms with Gasteiger partial charge in [-0.2, -0.15) is 0 Å². The Bertz CT molecular complexity index is 1030. The van der Waals surface area contributed by atoms with Crippen LogP contribution in [0.5, 0.6) is 23.0 Å². The van der Waals surface area contributed by atoms with E-state index in [1.165, 1.54) is 5.56 Å². The lowest BCUT2D eigenvalue weighted by molar-refractivity contribution is 0.106. The molecule has 1 saturated heterocycles. The van der Waals surface area contributed by atoms with Gasteiger partial charge in [0.15, 0.2) is 0 Å². The lowest BCUT2D eigenvalue weighted by Crippen LogP contribution is -2.46. The Hall–Kier alpha value is -3.22. The molecule has 0 aliphatic carbocycles. The van der Waals surface area contributed by atoms with Crippen molar-refractivity contribution in [2.75, 3.05) is 54.1 Å². The molecule has 0 aromatic heterocycles. The molecule has 186 valence electrons. The fraction of sp³-hybridized carbons (Fsp3) is 0.379. The van der Waals surface area contributed by atoms with E-state index in [0.29, 0.717) is 0 Å². The van der Waals surface area contributed by atoms with Crippen LogP contribution in [0.25, 0.3) is 0 Å². The van der Waals surface area contributed by atoms with Crippen LogP contribution in [0, 0.1) is 0 Å². The van der Waals surface area contributed by atoms with Crippen molar-refractivity contribution in [3.63, 3.8) is 0 Å². The highest BCUT2D eigenvalue weighted by Crippen LogP contribution is 2.35. The van der Waals surface area contributed by atoms with Crippen molar-refractivity contribution in [3.05, 3.63) is 83.9 Å². The van der Waals surface area contributed by atoms with Crippen molar-refractivity contribution < 1.29 is 18.9 Å². The summed E-state index contributed by atoms with van der Waals surface area (Å²) in [6, 6.07) is 24.3. The Morgan fingerprint density at radius 3 is 1.97 bits per heavy atom. The summed E-state index contributed by atoms with van der Waals surface area (Å²) in [5.41, 5.74) is 2.37. The van der Waals surface area contributed by atoms with E-state index in [4.69, 9.17) is 18.9 Å². The summed E-state index contributed by atoms with van der Waals surface area (Å²) in [6.07, 6.45) is 0.671. The van der Waals surface area contributed by atoms with Crippen molar-refractivity contribution in [2.45, 2.75) is 19.1 Å². The van der Waals surface area contributed by atoms with Gasteiger partial charge in [-0.05, 0) is 48.0 Å². The van der Waals surface area contributed by atoms with Crippen LogP contribution < -0.4 is 18.9 Å². The van der Waals surface area contributed by atoms with Crippen LogP contribution in [0.2, 0.25) is 0 Å². The maximum Gasteiger partial charge on any atom is 0.129 e. The molecule has 35 heavy (non-hydrogen) atoms. The lowest BCUT2D eigenvalue weighted by atomic mass is 10.0. The summed E-state index contributed by atoms with van der Waals surface area (Å²) in [7, 11) is 5.04. The zero-order valence-corrected chi connectivity index (χ0v) is 21.0. The minimum absolute atomic E-state index is 0.171. The number of hydrogen-bond acceptors (Lipinski definition) is 6. The van der Waals surface area contributed by atoms with Gasteiger partial charge in [-0.3, -0.25) is 4.90 Å². The minimum Gasteiger partial charge on any atom is -0.497 e. The minimum atomic E-state index is -0.171. The Morgan fingerprint density at radius 1 is 0.686 bits per heavy atom. The molecule has 4 rings (SSSR count). The molecule has 1 fully saturated rings. The number of methoxy groups -OCH3 is 3. The van der Waals surface area contributed by atoms with Gasteiger partial charge in [-0.1, -0.05) is 30.3 Å². The molecule has 1 atom stereocenters. The summed E-state index contributed by atoms with van der Waals surface area (Å²) < 4.78 is 23.0. The van der Waals surface area contributed by atoms with Crippen LogP contribution in [0.1, 0.15) is 23.7 Å². The van der Waals surface area contributed by atoms with Gasteiger partial charge < -0.3 is 23.8 Å². The van der Waals surface area contributed by atoms with Crippen LogP contribution in [0.4, 0.5) is 0 Å². The fourth-order valence-corrected chi connectivity index (χ4v) is 4.50. The number of rotatable bonds is 11. The molecule has 0 spiro atoms. The fourth-order valence-electron chi connectivity index (χ4n) is 4.50. The molecule has 3 aromatic carbocycles. The number of nitrogens with zero attached hydrogens (tertiary/aromatic N) is 2. The van der Waals surface area contributed by atoms with E-state index in [0.717, 1.165) is 74.3 Å². The highest BCUT2D eigenvalue weighted by Gasteiger charge is 2.23. The molecule has 0 saturated carbocycles. The van der Waals surface area contributed by atoms with Crippen molar-refractivity contribution in [1.82, 2.24) is 9.80 Å². The second-order valence-corrected chi connectivity index (χ2v) is 8.78. The van der Waals surface area contributed by atoms with E-state index in [1.807, 2.05) is 42.5 Å². The zero-order valence-electron chi connectivity index (χ0n) is 21.0. The molecule has 0 N–H and O–H groups in total. The van der Waals surface area contributed by atoms with Gasteiger partial charge in [0, 0.05) is 51.3 Å². The topological polar surface area (TPSA) is 43.4 Å². The summed E-state index contributed by atoms with van der Waals surface area (Å²) >= 11 is 0. The van der Waals surface area contributed by atoms with E-state index < -0.39 is 0 Å². The van der Waals surface area contributed by atoms with Crippen LogP contribution in [-0.2, 0) is 6.54 Å². The maximum absolute atomic E-state index is 6.51. The summed E-state index contributed by atoms with van der Waals surface area (Å²) in [6.45, 7) is 6.21. The number of hydrogen-bond donors (Lipinski definition) is 0. The number of ether oxygens (including phenoxy) is 4. The Labute approximate surface area is 209 Å². The quantitative estimate of drug-likeness (QED) is 0.386. The molecule has 0 amide bonds. The lowest BCUT2D eigenvalue weighted by Gasteiger charge is -2.35. The number of benzene rings is 3. The standard InChI is InChI=1S/C29H36N2O4/c1-32-24-9-11-25(12-10-24)35-29(27-21-26(33-2)13-14-28(27)34-3)15-16-30-17-19-31(20-18-30)22-23-7-5-4-6-8-23/h4-14,21,29H,15-20,22H2,1-3H3/t29-/m0/s1. The van der Waals surface area contributed by atoms with Gasteiger partial charge in [-0.15, -0.1) is 0 Å². The van der Waals surface area contributed by atoms with Crippen LogP contribution in [0.15, 0.2) is 72.8 Å². The first-order chi connectivity index (χ1) is 17.2. The van der Waals surface area contributed by atoms with Crippen molar-refractivity contribution in [3.8, 4) is 23.0 Å². The zero-order chi connectivity index (χ0) is 24.5. The van der Waals surface area contributed by atoms with Gasteiger partial charge >= 0.3 is 0 Å². The predicted molar refractivity (Wildman–Crippen MR) is 139 cm³/mol. The first-order valence-electron chi connectivity index (χ1n) is 12.2. The molecule has 3 aromatic rings. The molecule has 0 radical (unpaired) electrons. The second-order valence-electron chi connectivity index (χ2n) is 8.78. The SMILES string of the molecule is COc1ccc(O[C@@H](CCN2CCN(Cc3ccccc3)CC2)c2cc(OC)ccc2OC)cc1. The molecular formula is C29H36N2O4. The highest BCUT2D eigenvalue weighted by atomic mass is 16.5. The van der Waals surface area contributed by atoms with Gasteiger partial charge in [-0.25, -0.2) is 0 Å². The molecule has 6 nitrogen and oxygen atoms in total. The summed E-state index contributed by atoms with van der Waals surface area (Å²) in [5, 5.41) is 0. The van der Waals surface area contributed by atoms with E-state index in [9.17, 15) is 0 Å². The molecule has 1 aliphatic heterocycles. The van der Waals surface area contributed by atoms with E-state index in [2.05, 4.69) is 40.1 Å². The average molecular weight is 477 g/mol. The van der Waals surface area contributed by atoms with Gasteiger partial charge in [0.2, 0.25) is 0 Å². The normalized spacial score (nSPS) is 15.4. The van der Waals surface area contributed by atoms with E-state index in [-0.39, 0.29) is 6.10 Å². The van der Waals surface area contributed by atoms with E-state index >= 15 is 0 Å².